The molecule has 3 N–H and O–H groups in total. The van der Waals surface area contributed by atoms with E-state index in [1.165, 1.54) is 0 Å². The third-order valence-electron chi connectivity index (χ3n) is 2.36. The maximum Gasteiger partial charge on any atom is 0.256 e. The number of carbonyl (C=O) groups is 1. The Balaban J connectivity index is 2.24. The molecule has 1 amide bonds. The quantitative estimate of drug-likeness (QED) is 0.822. The highest BCUT2D eigenvalue weighted by molar-refractivity contribution is 9.10. The average Bonchev–Trinajstić information content (AvgIpc) is 2.33. The summed E-state index contributed by atoms with van der Waals surface area (Å²) in [7, 11) is 0. The SMILES string of the molecule is Nc1ccc(NC(=O)c2ccccc2Br)c(Cl)c1. The zero-order valence-electron chi connectivity index (χ0n) is 9.28. The van der Waals surface area contributed by atoms with Gasteiger partial charge in [0.15, 0.2) is 0 Å². The van der Waals surface area contributed by atoms with Gasteiger partial charge in [-0.15, -0.1) is 0 Å². The first-order valence-electron chi connectivity index (χ1n) is 5.19. The van der Waals surface area contributed by atoms with Crippen molar-refractivity contribution in [3.8, 4) is 0 Å². The molecule has 0 aliphatic heterocycles. The van der Waals surface area contributed by atoms with Crippen LogP contribution in [0.3, 0.4) is 0 Å². The lowest BCUT2D eigenvalue weighted by Crippen LogP contribution is -2.12. The molecule has 0 aliphatic carbocycles. The second-order valence-corrected chi connectivity index (χ2v) is 4.93. The van der Waals surface area contributed by atoms with Gasteiger partial charge in [0.1, 0.15) is 0 Å². The standard InChI is InChI=1S/C13H10BrClN2O/c14-10-4-2-1-3-9(10)13(18)17-12-6-5-8(16)7-11(12)15/h1-7H,16H2,(H,17,18). The van der Waals surface area contributed by atoms with Gasteiger partial charge in [0.2, 0.25) is 0 Å². The molecule has 0 spiro atoms. The lowest BCUT2D eigenvalue weighted by Gasteiger charge is -2.08. The number of amides is 1. The molecule has 0 atom stereocenters. The molecule has 0 bridgehead atoms. The first kappa shape index (κ1) is 12.9. The minimum Gasteiger partial charge on any atom is -0.399 e. The Hall–Kier alpha value is -1.52. The predicted molar refractivity (Wildman–Crippen MR) is 78.0 cm³/mol. The fraction of sp³-hybridized carbons (Fsp3) is 0. The summed E-state index contributed by atoms with van der Waals surface area (Å²) in [5, 5.41) is 3.15. The fourth-order valence-corrected chi connectivity index (χ4v) is 2.17. The number of hydrogen-bond acceptors (Lipinski definition) is 2. The molecule has 0 aromatic heterocycles. The maximum atomic E-state index is 12.0. The summed E-state index contributed by atoms with van der Waals surface area (Å²) >= 11 is 9.32. The number of benzene rings is 2. The second-order valence-electron chi connectivity index (χ2n) is 3.67. The van der Waals surface area contributed by atoms with E-state index in [0.29, 0.717) is 22.0 Å². The van der Waals surface area contributed by atoms with Gasteiger partial charge in [-0.3, -0.25) is 4.79 Å². The van der Waals surface area contributed by atoms with E-state index in [1.807, 2.05) is 6.07 Å². The van der Waals surface area contributed by atoms with Crippen LogP contribution in [0.25, 0.3) is 0 Å². The smallest absolute Gasteiger partial charge is 0.256 e. The highest BCUT2D eigenvalue weighted by atomic mass is 79.9. The molecule has 0 fully saturated rings. The highest BCUT2D eigenvalue weighted by Crippen LogP contribution is 2.25. The molecule has 0 unspecified atom stereocenters. The Kier molecular flexibility index (Phi) is 3.89. The zero-order valence-corrected chi connectivity index (χ0v) is 11.6. The van der Waals surface area contributed by atoms with Crippen molar-refractivity contribution in [2.75, 3.05) is 11.1 Å². The van der Waals surface area contributed by atoms with Crippen LogP contribution in [-0.2, 0) is 0 Å². The van der Waals surface area contributed by atoms with Gasteiger partial charge in [0, 0.05) is 10.2 Å². The predicted octanol–water partition coefficient (Wildman–Crippen LogP) is 3.94. The molecule has 18 heavy (non-hydrogen) atoms. The van der Waals surface area contributed by atoms with Crippen molar-refractivity contribution in [1.29, 1.82) is 0 Å². The average molecular weight is 326 g/mol. The van der Waals surface area contributed by atoms with Crippen molar-refractivity contribution in [2.45, 2.75) is 0 Å². The molecule has 0 saturated heterocycles. The van der Waals surface area contributed by atoms with E-state index >= 15 is 0 Å². The van der Waals surface area contributed by atoms with Crippen LogP contribution < -0.4 is 11.1 Å². The Morgan fingerprint density at radius 2 is 1.94 bits per heavy atom. The van der Waals surface area contributed by atoms with Crippen LogP contribution in [0.5, 0.6) is 0 Å². The number of nitrogens with one attached hydrogen (secondary N) is 1. The summed E-state index contributed by atoms with van der Waals surface area (Å²) in [6, 6.07) is 12.1. The highest BCUT2D eigenvalue weighted by Gasteiger charge is 2.11. The lowest BCUT2D eigenvalue weighted by molar-refractivity contribution is 0.102. The largest absolute Gasteiger partial charge is 0.399 e. The van der Waals surface area contributed by atoms with Crippen LogP contribution in [0.4, 0.5) is 11.4 Å². The van der Waals surface area contributed by atoms with Crippen molar-refractivity contribution in [1.82, 2.24) is 0 Å². The van der Waals surface area contributed by atoms with Crippen molar-refractivity contribution in [3.05, 3.63) is 57.5 Å². The molecule has 0 saturated carbocycles. The van der Waals surface area contributed by atoms with Crippen LogP contribution in [0, 0.1) is 0 Å². The van der Waals surface area contributed by atoms with Gasteiger partial charge < -0.3 is 11.1 Å². The summed E-state index contributed by atoms with van der Waals surface area (Å²) in [4.78, 5) is 12.0. The molecular weight excluding hydrogens is 316 g/mol. The van der Waals surface area contributed by atoms with Crippen LogP contribution >= 0.6 is 27.5 Å². The fourth-order valence-electron chi connectivity index (χ4n) is 1.47. The number of carbonyl (C=O) groups excluding carboxylic acids is 1. The number of nitrogens with two attached hydrogens (primary N) is 1. The van der Waals surface area contributed by atoms with Crippen molar-refractivity contribution in [3.63, 3.8) is 0 Å². The first-order valence-corrected chi connectivity index (χ1v) is 6.36. The van der Waals surface area contributed by atoms with Gasteiger partial charge in [0.05, 0.1) is 16.3 Å². The third kappa shape index (κ3) is 2.83. The normalized spacial score (nSPS) is 10.1. The van der Waals surface area contributed by atoms with E-state index in [4.69, 9.17) is 17.3 Å². The van der Waals surface area contributed by atoms with Gasteiger partial charge in [-0.25, -0.2) is 0 Å². The van der Waals surface area contributed by atoms with Crippen LogP contribution in [-0.4, -0.2) is 5.91 Å². The molecule has 2 aromatic carbocycles. The minimum absolute atomic E-state index is 0.228. The maximum absolute atomic E-state index is 12.0. The summed E-state index contributed by atoms with van der Waals surface area (Å²) < 4.78 is 0.731. The molecule has 3 nitrogen and oxygen atoms in total. The number of rotatable bonds is 2. The van der Waals surface area contributed by atoms with Gasteiger partial charge in [-0.1, -0.05) is 23.7 Å². The number of anilines is 2. The molecule has 2 rings (SSSR count). The Morgan fingerprint density at radius 3 is 2.61 bits per heavy atom. The van der Waals surface area contributed by atoms with E-state index in [0.717, 1.165) is 4.47 Å². The number of halogens is 2. The van der Waals surface area contributed by atoms with E-state index in [2.05, 4.69) is 21.2 Å². The Labute approximate surface area is 118 Å². The Morgan fingerprint density at radius 1 is 1.22 bits per heavy atom. The second kappa shape index (κ2) is 5.42. The molecule has 0 radical (unpaired) electrons. The summed E-state index contributed by atoms with van der Waals surface area (Å²) in [6.45, 7) is 0. The Bertz CT molecular complexity index is 601. The summed E-state index contributed by atoms with van der Waals surface area (Å²) in [6.07, 6.45) is 0. The van der Waals surface area contributed by atoms with E-state index in [-0.39, 0.29) is 5.91 Å². The van der Waals surface area contributed by atoms with Crippen molar-refractivity contribution >= 4 is 44.8 Å². The van der Waals surface area contributed by atoms with Crippen molar-refractivity contribution < 1.29 is 4.79 Å². The third-order valence-corrected chi connectivity index (χ3v) is 3.36. The topological polar surface area (TPSA) is 55.1 Å². The van der Waals surface area contributed by atoms with Crippen LogP contribution in [0.2, 0.25) is 5.02 Å². The van der Waals surface area contributed by atoms with Gasteiger partial charge in [-0.05, 0) is 46.3 Å². The molecule has 92 valence electrons. The summed E-state index contributed by atoms with van der Waals surface area (Å²) in [5.41, 5.74) is 7.22. The molecular formula is C13H10BrClN2O. The monoisotopic (exact) mass is 324 g/mol. The lowest BCUT2D eigenvalue weighted by atomic mass is 10.2. The number of nitrogen functional groups attached to an aromatic ring is 1. The van der Waals surface area contributed by atoms with Gasteiger partial charge in [0.25, 0.3) is 5.91 Å². The van der Waals surface area contributed by atoms with Gasteiger partial charge >= 0.3 is 0 Å². The zero-order chi connectivity index (χ0) is 13.1. The summed E-state index contributed by atoms with van der Waals surface area (Å²) in [5.74, 6) is -0.228. The van der Waals surface area contributed by atoms with Crippen LogP contribution in [0.15, 0.2) is 46.9 Å². The first-order chi connectivity index (χ1) is 8.58. The van der Waals surface area contributed by atoms with E-state index in [9.17, 15) is 4.79 Å². The molecule has 0 aliphatic rings. The molecule has 5 heteroatoms. The molecule has 2 aromatic rings. The minimum atomic E-state index is -0.228. The van der Waals surface area contributed by atoms with Gasteiger partial charge in [-0.2, -0.15) is 0 Å². The van der Waals surface area contributed by atoms with Crippen LogP contribution in [0.1, 0.15) is 10.4 Å². The number of hydrogen-bond donors (Lipinski definition) is 2. The van der Waals surface area contributed by atoms with Crippen molar-refractivity contribution in [2.24, 2.45) is 0 Å². The molecule has 0 heterocycles. The van der Waals surface area contributed by atoms with E-state index < -0.39 is 0 Å². The van der Waals surface area contributed by atoms with E-state index in [1.54, 1.807) is 36.4 Å².